The van der Waals surface area contributed by atoms with Gasteiger partial charge in [0.1, 0.15) is 5.75 Å². The lowest BCUT2D eigenvalue weighted by molar-refractivity contribution is 0.100. The van der Waals surface area contributed by atoms with Crippen molar-refractivity contribution in [2.75, 3.05) is 0 Å². The molecule has 1 nitrogen and oxygen atoms in total. The predicted molar refractivity (Wildman–Crippen MR) is 88.2 cm³/mol. The number of ether oxygens (including phenoxy) is 1. The maximum absolute atomic E-state index is 6.29. The zero-order valence-electron chi connectivity index (χ0n) is 12.1. The van der Waals surface area contributed by atoms with E-state index in [1.807, 2.05) is 0 Å². The number of benzene rings is 2. The van der Waals surface area contributed by atoms with Gasteiger partial charge in [-0.3, -0.25) is 0 Å². The predicted octanol–water partition coefficient (Wildman–Crippen LogP) is 5.81. The Morgan fingerprint density at radius 1 is 0.950 bits per heavy atom. The number of fused-ring (bicyclic) bond motifs is 1. The minimum Gasteiger partial charge on any atom is -0.489 e. The Morgan fingerprint density at radius 3 is 2.40 bits per heavy atom. The molecular weight excluding hydrogens is 312 g/mol. The van der Waals surface area contributed by atoms with Crippen LogP contribution in [-0.4, -0.2) is 6.10 Å². The standard InChI is InChI=1S/C18H21BrO/c1-12-9-13(2)11-15(10-12)20-17-8-7-14-5-3-4-6-16(14)18(17)19/h3-8,12-13,15H,9-11H2,1-2H3. The molecule has 1 aliphatic rings. The number of hydrogen-bond acceptors (Lipinski definition) is 1. The zero-order valence-corrected chi connectivity index (χ0v) is 13.7. The molecule has 0 bridgehead atoms. The molecule has 0 amide bonds. The normalized spacial score (nSPS) is 26.6. The van der Waals surface area contributed by atoms with Crippen LogP contribution in [0.5, 0.6) is 5.75 Å². The molecule has 20 heavy (non-hydrogen) atoms. The maximum Gasteiger partial charge on any atom is 0.134 e. The molecule has 0 heterocycles. The smallest absolute Gasteiger partial charge is 0.134 e. The summed E-state index contributed by atoms with van der Waals surface area (Å²) in [4.78, 5) is 0. The number of rotatable bonds is 2. The highest BCUT2D eigenvalue weighted by Gasteiger charge is 2.25. The first-order chi connectivity index (χ1) is 9.63. The van der Waals surface area contributed by atoms with Crippen molar-refractivity contribution in [3.8, 4) is 5.75 Å². The highest BCUT2D eigenvalue weighted by molar-refractivity contribution is 9.10. The lowest BCUT2D eigenvalue weighted by Gasteiger charge is -2.32. The van der Waals surface area contributed by atoms with Crippen molar-refractivity contribution in [3.05, 3.63) is 40.9 Å². The van der Waals surface area contributed by atoms with Gasteiger partial charge in [-0.05, 0) is 63.9 Å². The van der Waals surface area contributed by atoms with Gasteiger partial charge in [-0.1, -0.05) is 44.2 Å². The van der Waals surface area contributed by atoms with Gasteiger partial charge in [0.2, 0.25) is 0 Å². The summed E-state index contributed by atoms with van der Waals surface area (Å²) >= 11 is 3.71. The van der Waals surface area contributed by atoms with E-state index in [0.29, 0.717) is 6.10 Å². The molecular formula is C18H21BrO. The lowest BCUT2D eigenvalue weighted by Crippen LogP contribution is -2.28. The van der Waals surface area contributed by atoms with Crippen molar-refractivity contribution in [3.63, 3.8) is 0 Å². The Kier molecular flexibility index (Phi) is 4.02. The summed E-state index contributed by atoms with van der Waals surface area (Å²) in [5.41, 5.74) is 0. The first-order valence-electron chi connectivity index (χ1n) is 7.47. The Morgan fingerprint density at radius 2 is 1.65 bits per heavy atom. The van der Waals surface area contributed by atoms with Crippen LogP contribution in [0.3, 0.4) is 0 Å². The van der Waals surface area contributed by atoms with Crippen molar-refractivity contribution in [1.29, 1.82) is 0 Å². The minimum atomic E-state index is 0.353. The van der Waals surface area contributed by atoms with E-state index in [1.54, 1.807) is 0 Å². The molecule has 0 radical (unpaired) electrons. The fraction of sp³-hybridized carbons (Fsp3) is 0.444. The van der Waals surface area contributed by atoms with Crippen molar-refractivity contribution < 1.29 is 4.74 Å². The molecule has 3 rings (SSSR count). The van der Waals surface area contributed by atoms with Gasteiger partial charge in [0.15, 0.2) is 0 Å². The van der Waals surface area contributed by atoms with E-state index in [-0.39, 0.29) is 0 Å². The Balaban J connectivity index is 1.85. The minimum absolute atomic E-state index is 0.353. The summed E-state index contributed by atoms with van der Waals surface area (Å²) in [5, 5.41) is 2.47. The second-order valence-corrected chi connectivity index (χ2v) is 7.05. The fourth-order valence-corrected chi connectivity index (χ4v) is 4.04. The van der Waals surface area contributed by atoms with E-state index in [9.17, 15) is 0 Å². The molecule has 0 aromatic heterocycles. The molecule has 2 unspecified atom stereocenters. The third-order valence-corrected chi connectivity index (χ3v) is 5.07. The van der Waals surface area contributed by atoms with Crippen LogP contribution in [0.15, 0.2) is 40.9 Å². The highest BCUT2D eigenvalue weighted by atomic mass is 79.9. The topological polar surface area (TPSA) is 9.23 Å². The van der Waals surface area contributed by atoms with Crippen molar-refractivity contribution in [1.82, 2.24) is 0 Å². The summed E-state index contributed by atoms with van der Waals surface area (Å²) in [5.74, 6) is 2.51. The van der Waals surface area contributed by atoms with E-state index < -0.39 is 0 Å². The molecule has 2 aromatic rings. The SMILES string of the molecule is CC1CC(C)CC(Oc2ccc3ccccc3c2Br)C1. The molecule has 1 aliphatic carbocycles. The van der Waals surface area contributed by atoms with Crippen molar-refractivity contribution >= 4 is 26.7 Å². The van der Waals surface area contributed by atoms with Gasteiger partial charge in [0.25, 0.3) is 0 Å². The van der Waals surface area contributed by atoms with Crippen LogP contribution < -0.4 is 4.74 Å². The largest absolute Gasteiger partial charge is 0.489 e. The van der Waals surface area contributed by atoms with Crippen LogP contribution in [0.25, 0.3) is 10.8 Å². The summed E-state index contributed by atoms with van der Waals surface area (Å²) in [6, 6.07) is 12.6. The van der Waals surface area contributed by atoms with Crippen LogP contribution in [0, 0.1) is 11.8 Å². The van der Waals surface area contributed by atoms with Crippen LogP contribution in [0.4, 0.5) is 0 Å². The van der Waals surface area contributed by atoms with Gasteiger partial charge in [0.05, 0.1) is 10.6 Å². The molecule has 1 saturated carbocycles. The summed E-state index contributed by atoms with van der Waals surface area (Å²) < 4.78 is 7.37. The first-order valence-corrected chi connectivity index (χ1v) is 8.26. The number of hydrogen-bond donors (Lipinski definition) is 0. The molecule has 2 atom stereocenters. The summed E-state index contributed by atoms with van der Waals surface area (Å²) in [6.07, 6.45) is 4.03. The zero-order chi connectivity index (χ0) is 14.1. The summed E-state index contributed by atoms with van der Waals surface area (Å²) in [7, 11) is 0. The maximum atomic E-state index is 6.29. The molecule has 0 N–H and O–H groups in total. The van der Waals surface area contributed by atoms with Gasteiger partial charge in [-0.15, -0.1) is 0 Å². The Hall–Kier alpha value is -1.02. The number of halogens is 1. The molecule has 2 aromatic carbocycles. The van der Waals surface area contributed by atoms with Crippen LogP contribution in [0.1, 0.15) is 33.1 Å². The quantitative estimate of drug-likeness (QED) is 0.674. The summed E-state index contributed by atoms with van der Waals surface area (Å²) in [6.45, 7) is 4.67. The molecule has 1 fully saturated rings. The van der Waals surface area contributed by atoms with Crippen LogP contribution in [-0.2, 0) is 0 Å². The molecule has 0 aliphatic heterocycles. The van der Waals surface area contributed by atoms with Crippen molar-refractivity contribution in [2.24, 2.45) is 11.8 Å². The van der Waals surface area contributed by atoms with Crippen LogP contribution in [0.2, 0.25) is 0 Å². The highest BCUT2D eigenvalue weighted by Crippen LogP contribution is 2.37. The third kappa shape index (κ3) is 2.85. The lowest BCUT2D eigenvalue weighted by atomic mass is 9.82. The second kappa shape index (κ2) is 5.77. The third-order valence-electron chi connectivity index (χ3n) is 4.26. The first kappa shape index (κ1) is 13.9. The average Bonchev–Trinajstić information content (AvgIpc) is 2.41. The van der Waals surface area contributed by atoms with E-state index >= 15 is 0 Å². The fourth-order valence-electron chi connectivity index (χ4n) is 3.45. The van der Waals surface area contributed by atoms with E-state index in [0.717, 1.165) is 22.1 Å². The van der Waals surface area contributed by atoms with Gasteiger partial charge in [0, 0.05) is 0 Å². The van der Waals surface area contributed by atoms with E-state index in [1.165, 1.54) is 30.0 Å². The Bertz CT molecular complexity index is 597. The average molecular weight is 333 g/mol. The van der Waals surface area contributed by atoms with Gasteiger partial charge in [-0.2, -0.15) is 0 Å². The molecule has 106 valence electrons. The Labute approximate surface area is 129 Å². The second-order valence-electron chi connectivity index (χ2n) is 6.26. The van der Waals surface area contributed by atoms with Crippen molar-refractivity contribution in [2.45, 2.75) is 39.2 Å². The molecule has 0 spiro atoms. The molecule has 2 heteroatoms. The van der Waals surface area contributed by atoms with Crippen LogP contribution >= 0.6 is 15.9 Å². The van der Waals surface area contributed by atoms with Gasteiger partial charge < -0.3 is 4.74 Å². The van der Waals surface area contributed by atoms with Gasteiger partial charge in [-0.25, -0.2) is 0 Å². The van der Waals surface area contributed by atoms with Gasteiger partial charge >= 0.3 is 0 Å². The van der Waals surface area contributed by atoms with E-state index in [2.05, 4.69) is 66.2 Å². The van der Waals surface area contributed by atoms with E-state index in [4.69, 9.17) is 4.74 Å². The monoisotopic (exact) mass is 332 g/mol. The molecule has 0 saturated heterocycles.